The van der Waals surface area contributed by atoms with Gasteiger partial charge in [0.05, 0.1) is 11.3 Å². The molecule has 2 aromatic heterocycles. The monoisotopic (exact) mass is 405 g/mol. The van der Waals surface area contributed by atoms with Gasteiger partial charge in [-0.05, 0) is 52.2 Å². The summed E-state index contributed by atoms with van der Waals surface area (Å²) in [7, 11) is 0. The Kier molecular flexibility index (Phi) is 5.89. The molecule has 0 saturated heterocycles. The number of halogens is 1. The van der Waals surface area contributed by atoms with Crippen LogP contribution in [0.25, 0.3) is 16.2 Å². The number of hydrogen-bond donors (Lipinski definition) is 2. The van der Waals surface area contributed by atoms with E-state index in [-0.39, 0.29) is 11.9 Å². The van der Waals surface area contributed by atoms with E-state index in [0.29, 0.717) is 17.1 Å². The van der Waals surface area contributed by atoms with Crippen LogP contribution >= 0.6 is 22.9 Å². The van der Waals surface area contributed by atoms with Gasteiger partial charge in [-0.15, -0.1) is 11.3 Å². The van der Waals surface area contributed by atoms with Crippen LogP contribution in [0.2, 0.25) is 5.02 Å². The molecule has 27 heavy (non-hydrogen) atoms. The Hall–Kier alpha value is -1.89. The molecule has 0 fully saturated rings. The summed E-state index contributed by atoms with van der Waals surface area (Å²) in [6, 6.07) is 7.52. The van der Waals surface area contributed by atoms with Gasteiger partial charge in [0.15, 0.2) is 4.96 Å². The number of carbonyl (C=O) groups excluding carboxylic acids is 1. The summed E-state index contributed by atoms with van der Waals surface area (Å²) >= 11 is 7.38. The lowest BCUT2D eigenvalue weighted by Gasteiger charge is -2.19. The molecule has 1 amide bonds. The molecule has 5 nitrogen and oxygen atoms in total. The molecule has 0 unspecified atom stereocenters. The van der Waals surface area contributed by atoms with Gasteiger partial charge in [0, 0.05) is 28.2 Å². The van der Waals surface area contributed by atoms with Crippen LogP contribution in [0.15, 0.2) is 35.8 Å². The lowest BCUT2D eigenvalue weighted by atomic mass is 10.00. The van der Waals surface area contributed by atoms with Crippen molar-refractivity contribution in [1.82, 2.24) is 14.7 Å². The van der Waals surface area contributed by atoms with Crippen molar-refractivity contribution in [3.63, 3.8) is 0 Å². The topological polar surface area (TPSA) is 66.6 Å². The summed E-state index contributed by atoms with van der Waals surface area (Å²) in [6.45, 7) is 5.59. The summed E-state index contributed by atoms with van der Waals surface area (Å²) in [5.74, 6) is -0.114. The highest BCUT2D eigenvalue weighted by Gasteiger charge is 2.18. The smallest absolute Gasteiger partial charge is 0.269 e. The molecule has 0 aliphatic heterocycles. The first-order valence-electron chi connectivity index (χ1n) is 8.99. The number of thiazole rings is 1. The Labute approximate surface area is 168 Å². The van der Waals surface area contributed by atoms with Gasteiger partial charge in [0.25, 0.3) is 5.91 Å². The fourth-order valence-electron chi connectivity index (χ4n) is 2.92. The third kappa shape index (κ3) is 5.09. The minimum absolute atomic E-state index is 0.0362. The molecule has 0 aliphatic rings. The van der Waals surface area contributed by atoms with Crippen LogP contribution in [0.1, 0.15) is 50.5 Å². The summed E-state index contributed by atoms with van der Waals surface area (Å²) in [4.78, 5) is 18.0. The van der Waals surface area contributed by atoms with E-state index < -0.39 is 5.60 Å². The Morgan fingerprint density at radius 1 is 1.37 bits per heavy atom. The maximum Gasteiger partial charge on any atom is 0.269 e. The van der Waals surface area contributed by atoms with Crippen LogP contribution in [0, 0.1) is 0 Å². The average molecular weight is 406 g/mol. The highest BCUT2D eigenvalue weighted by Crippen LogP contribution is 2.25. The van der Waals surface area contributed by atoms with Gasteiger partial charge in [0.1, 0.15) is 5.69 Å². The Balaban J connectivity index is 1.69. The van der Waals surface area contributed by atoms with Crippen LogP contribution in [0.4, 0.5) is 0 Å². The van der Waals surface area contributed by atoms with E-state index in [1.807, 2.05) is 47.2 Å². The summed E-state index contributed by atoms with van der Waals surface area (Å²) in [5, 5.41) is 15.3. The second kappa shape index (κ2) is 8.00. The van der Waals surface area contributed by atoms with E-state index in [1.165, 1.54) is 11.3 Å². The first-order valence-corrected chi connectivity index (χ1v) is 10.2. The molecule has 0 saturated carbocycles. The van der Waals surface area contributed by atoms with Gasteiger partial charge in [-0.25, -0.2) is 4.98 Å². The zero-order chi connectivity index (χ0) is 19.6. The minimum Gasteiger partial charge on any atom is -0.390 e. The highest BCUT2D eigenvalue weighted by atomic mass is 35.5. The van der Waals surface area contributed by atoms with Crippen LogP contribution in [0.3, 0.4) is 0 Å². The van der Waals surface area contributed by atoms with Crippen LogP contribution in [-0.4, -0.2) is 32.0 Å². The molecule has 144 valence electrons. The summed E-state index contributed by atoms with van der Waals surface area (Å²) in [5.41, 5.74) is 1.68. The molecule has 1 aromatic carbocycles. The summed E-state index contributed by atoms with van der Waals surface area (Å²) in [6.07, 6.45) is 4.27. The standard InChI is InChI=1S/C20H24ClN3O2S/c1-13(5-4-10-20(2,3)26)22-18(25)17-12-27-19-23-16(11-24(17)19)14-6-8-15(21)9-7-14/h6-9,11-13,26H,4-5,10H2,1-3H3,(H,22,25)/t13-/m0/s1. The molecule has 2 heterocycles. The maximum atomic E-state index is 12.7. The molecule has 1 atom stereocenters. The zero-order valence-corrected chi connectivity index (χ0v) is 17.3. The van der Waals surface area contributed by atoms with Crippen molar-refractivity contribution in [2.24, 2.45) is 0 Å². The average Bonchev–Trinajstić information content (AvgIpc) is 3.14. The Morgan fingerprint density at radius 3 is 2.74 bits per heavy atom. The number of benzene rings is 1. The number of fused-ring (bicyclic) bond motifs is 1. The van der Waals surface area contributed by atoms with Gasteiger partial charge in [-0.2, -0.15) is 0 Å². The van der Waals surface area contributed by atoms with Crippen molar-refractivity contribution in [1.29, 1.82) is 0 Å². The van der Waals surface area contributed by atoms with Crippen molar-refractivity contribution >= 4 is 33.8 Å². The van der Waals surface area contributed by atoms with Crippen molar-refractivity contribution in [3.8, 4) is 11.3 Å². The number of aromatic nitrogens is 2. The fraction of sp³-hybridized carbons (Fsp3) is 0.400. The molecule has 0 aliphatic carbocycles. The zero-order valence-electron chi connectivity index (χ0n) is 15.7. The molecule has 7 heteroatoms. The minimum atomic E-state index is -0.669. The molecule has 0 spiro atoms. The number of amides is 1. The number of rotatable bonds is 7. The van der Waals surface area contributed by atoms with Gasteiger partial charge in [-0.3, -0.25) is 9.20 Å². The van der Waals surface area contributed by atoms with E-state index in [0.717, 1.165) is 29.1 Å². The molecular formula is C20H24ClN3O2S. The van der Waals surface area contributed by atoms with E-state index in [2.05, 4.69) is 10.3 Å². The van der Waals surface area contributed by atoms with Gasteiger partial charge >= 0.3 is 0 Å². The van der Waals surface area contributed by atoms with E-state index >= 15 is 0 Å². The molecule has 0 bridgehead atoms. The SMILES string of the molecule is C[C@@H](CCCC(C)(C)O)NC(=O)c1csc2nc(-c3ccc(Cl)cc3)cn12. The van der Waals surface area contributed by atoms with E-state index in [1.54, 1.807) is 13.8 Å². The largest absolute Gasteiger partial charge is 0.390 e. The number of nitrogens with zero attached hydrogens (tertiary/aromatic N) is 2. The number of hydrogen-bond acceptors (Lipinski definition) is 4. The van der Waals surface area contributed by atoms with Crippen molar-refractivity contribution in [2.75, 3.05) is 0 Å². The highest BCUT2D eigenvalue weighted by molar-refractivity contribution is 7.15. The quantitative estimate of drug-likeness (QED) is 0.594. The van der Waals surface area contributed by atoms with Crippen LogP contribution < -0.4 is 5.32 Å². The number of carbonyl (C=O) groups is 1. The lowest BCUT2D eigenvalue weighted by Crippen LogP contribution is -2.33. The first-order chi connectivity index (χ1) is 12.7. The summed E-state index contributed by atoms with van der Waals surface area (Å²) < 4.78 is 1.83. The second-order valence-electron chi connectivity index (χ2n) is 7.49. The predicted molar refractivity (Wildman–Crippen MR) is 111 cm³/mol. The molecule has 3 rings (SSSR count). The third-order valence-electron chi connectivity index (χ3n) is 4.38. The molecule has 2 N–H and O–H groups in total. The van der Waals surface area contributed by atoms with Crippen molar-refractivity contribution in [2.45, 2.75) is 51.7 Å². The Morgan fingerprint density at radius 2 is 2.07 bits per heavy atom. The third-order valence-corrected chi connectivity index (χ3v) is 5.48. The van der Waals surface area contributed by atoms with Crippen molar-refractivity contribution in [3.05, 3.63) is 46.6 Å². The number of imidazole rings is 1. The first kappa shape index (κ1) is 19.9. The van der Waals surface area contributed by atoms with Crippen molar-refractivity contribution < 1.29 is 9.90 Å². The fourth-order valence-corrected chi connectivity index (χ4v) is 3.90. The van der Waals surface area contributed by atoms with Crippen LogP contribution in [-0.2, 0) is 0 Å². The predicted octanol–water partition coefficient (Wildman–Crippen LogP) is 4.78. The number of aliphatic hydroxyl groups is 1. The van der Waals surface area contributed by atoms with Crippen LogP contribution in [0.5, 0.6) is 0 Å². The molecular weight excluding hydrogens is 382 g/mol. The lowest BCUT2D eigenvalue weighted by molar-refractivity contribution is 0.0674. The molecule has 3 aromatic rings. The van der Waals surface area contributed by atoms with E-state index in [9.17, 15) is 9.90 Å². The molecule has 0 radical (unpaired) electrons. The second-order valence-corrected chi connectivity index (χ2v) is 8.76. The van der Waals surface area contributed by atoms with Gasteiger partial charge < -0.3 is 10.4 Å². The van der Waals surface area contributed by atoms with Gasteiger partial charge in [0.2, 0.25) is 0 Å². The van der Waals surface area contributed by atoms with E-state index in [4.69, 9.17) is 11.6 Å². The maximum absolute atomic E-state index is 12.7. The Bertz CT molecular complexity index is 925. The van der Waals surface area contributed by atoms with Gasteiger partial charge in [-0.1, -0.05) is 23.7 Å². The normalized spacial score (nSPS) is 13.1. The number of nitrogens with one attached hydrogen (secondary N) is 1.